The Hall–Kier alpha value is -1.68. The van der Waals surface area contributed by atoms with Gasteiger partial charge in [-0.05, 0) is 49.2 Å². The summed E-state index contributed by atoms with van der Waals surface area (Å²) < 4.78 is 14.5. The van der Waals surface area contributed by atoms with Gasteiger partial charge in [-0.15, -0.1) is 0 Å². The molecule has 0 unspecified atom stereocenters. The van der Waals surface area contributed by atoms with E-state index >= 15 is 0 Å². The highest BCUT2D eigenvalue weighted by atomic mass is 79.9. The molecular weight excluding hydrogens is 309 g/mol. The fraction of sp³-hybridized carbons (Fsp3) is 0.133. The van der Waals surface area contributed by atoms with Crippen LogP contribution >= 0.6 is 15.9 Å². The molecule has 19 heavy (non-hydrogen) atoms. The summed E-state index contributed by atoms with van der Waals surface area (Å²) in [6.45, 7) is 3.80. The van der Waals surface area contributed by atoms with Crippen LogP contribution in [0.4, 0.5) is 10.1 Å². The Bertz CT molecular complexity index is 617. The highest BCUT2D eigenvalue weighted by Gasteiger charge is 2.13. The van der Waals surface area contributed by atoms with Crippen molar-refractivity contribution in [3.05, 3.63) is 63.4 Å². The van der Waals surface area contributed by atoms with Crippen LogP contribution < -0.4 is 5.32 Å². The van der Waals surface area contributed by atoms with Crippen LogP contribution in [0, 0.1) is 19.7 Å². The number of amides is 1. The van der Waals surface area contributed by atoms with Gasteiger partial charge in [-0.2, -0.15) is 0 Å². The smallest absolute Gasteiger partial charge is 0.258 e. The lowest BCUT2D eigenvalue weighted by molar-refractivity contribution is 0.102. The lowest BCUT2D eigenvalue weighted by Gasteiger charge is -2.12. The summed E-state index contributed by atoms with van der Waals surface area (Å²) >= 11 is 3.40. The van der Waals surface area contributed by atoms with Crippen molar-refractivity contribution in [1.29, 1.82) is 0 Å². The topological polar surface area (TPSA) is 29.1 Å². The molecule has 0 aromatic heterocycles. The van der Waals surface area contributed by atoms with E-state index in [1.54, 1.807) is 12.1 Å². The van der Waals surface area contributed by atoms with Crippen molar-refractivity contribution in [2.24, 2.45) is 0 Å². The van der Waals surface area contributed by atoms with Gasteiger partial charge in [-0.25, -0.2) is 4.39 Å². The van der Waals surface area contributed by atoms with Gasteiger partial charge in [0.25, 0.3) is 5.91 Å². The van der Waals surface area contributed by atoms with E-state index in [0.29, 0.717) is 0 Å². The van der Waals surface area contributed by atoms with E-state index < -0.39 is 11.7 Å². The average Bonchev–Trinajstić information content (AvgIpc) is 2.34. The highest BCUT2D eigenvalue weighted by Crippen LogP contribution is 2.25. The van der Waals surface area contributed by atoms with Gasteiger partial charge in [0.1, 0.15) is 5.82 Å². The number of nitrogens with one attached hydrogen (secondary N) is 1. The molecule has 0 heterocycles. The minimum absolute atomic E-state index is 0.0456. The molecule has 0 aliphatic heterocycles. The Labute approximate surface area is 119 Å². The third-order valence-corrected chi connectivity index (χ3v) is 3.31. The maximum atomic E-state index is 13.5. The van der Waals surface area contributed by atoms with Crippen molar-refractivity contribution in [3.63, 3.8) is 0 Å². The lowest BCUT2D eigenvalue weighted by Crippen LogP contribution is -2.15. The van der Waals surface area contributed by atoms with Crippen molar-refractivity contribution in [3.8, 4) is 0 Å². The molecule has 0 saturated carbocycles. The Balaban J connectivity index is 2.32. The zero-order valence-corrected chi connectivity index (χ0v) is 12.2. The molecule has 2 aromatic carbocycles. The molecule has 1 amide bonds. The largest absolute Gasteiger partial charge is 0.321 e. The Morgan fingerprint density at radius 1 is 1.16 bits per heavy atom. The summed E-state index contributed by atoms with van der Waals surface area (Å²) in [4.78, 5) is 12.1. The van der Waals surface area contributed by atoms with Crippen LogP contribution in [-0.2, 0) is 0 Å². The summed E-state index contributed by atoms with van der Waals surface area (Å²) in [5.74, 6) is -0.959. The van der Waals surface area contributed by atoms with E-state index in [9.17, 15) is 9.18 Å². The molecule has 2 rings (SSSR count). The maximum absolute atomic E-state index is 13.5. The second-order valence-electron chi connectivity index (χ2n) is 4.35. The normalized spacial score (nSPS) is 10.3. The molecule has 0 saturated heterocycles. The Morgan fingerprint density at radius 3 is 2.32 bits per heavy atom. The number of halogens is 2. The van der Waals surface area contributed by atoms with E-state index in [1.165, 1.54) is 12.1 Å². The van der Waals surface area contributed by atoms with Crippen molar-refractivity contribution >= 4 is 27.5 Å². The van der Waals surface area contributed by atoms with Crippen molar-refractivity contribution in [2.75, 3.05) is 5.32 Å². The van der Waals surface area contributed by atoms with E-state index in [0.717, 1.165) is 21.3 Å². The lowest BCUT2D eigenvalue weighted by atomic mass is 10.1. The number of benzene rings is 2. The molecule has 1 N–H and O–H groups in total. The fourth-order valence-electron chi connectivity index (χ4n) is 1.93. The standard InChI is InChI=1S/C15H13BrFNO/c1-9-7-11(16)8-10(2)14(9)18-15(19)12-5-3-4-6-13(12)17/h3-8H,1-2H3,(H,18,19). The fourth-order valence-corrected chi connectivity index (χ4v) is 2.62. The molecule has 0 fully saturated rings. The summed E-state index contributed by atoms with van der Waals surface area (Å²) in [6, 6.07) is 9.75. The third kappa shape index (κ3) is 3.01. The van der Waals surface area contributed by atoms with Crippen molar-refractivity contribution in [1.82, 2.24) is 0 Å². The monoisotopic (exact) mass is 321 g/mol. The van der Waals surface area contributed by atoms with Gasteiger partial charge >= 0.3 is 0 Å². The maximum Gasteiger partial charge on any atom is 0.258 e. The molecule has 0 aliphatic rings. The highest BCUT2D eigenvalue weighted by molar-refractivity contribution is 9.10. The van der Waals surface area contributed by atoms with E-state index in [4.69, 9.17) is 0 Å². The number of rotatable bonds is 2. The van der Waals surface area contributed by atoms with Gasteiger partial charge in [0.2, 0.25) is 0 Å². The summed E-state index contributed by atoms with van der Waals surface area (Å²) in [6.07, 6.45) is 0. The molecule has 4 heteroatoms. The molecule has 0 atom stereocenters. The Kier molecular flexibility index (Phi) is 4.00. The minimum Gasteiger partial charge on any atom is -0.321 e. The molecule has 0 aliphatic carbocycles. The minimum atomic E-state index is -0.521. The third-order valence-electron chi connectivity index (χ3n) is 2.85. The van der Waals surface area contributed by atoms with Gasteiger partial charge in [-0.1, -0.05) is 28.1 Å². The Morgan fingerprint density at radius 2 is 1.74 bits per heavy atom. The number of hydrogen-bond acceptors (Lipinski definition) is 1. The van der Waals surface area contributed by atoms with Crippen molar-refractivity contribution in [2.45, 2.75) is 13.8 Å². The van der Waals surface area contributed by atoms with E-state index in [1.807, 2.05) is 26.0 Å². The van der Waals surface area contributed by atoms with E-state index in [-0.39, 0.29) is 5.56 Å². The number of hydrogen-bond donors (Lipinski definition) is 1. The predicted molar refractivity (Wildman–Crippen MR) is 78.0 cm³/mol. The van der Waals surface area contributed by atoms with Crippen LogP contribution in [0.1, 0.15) is 21.5 Å². The summed E-state index contributed by atoms with van der Waals surface area (Å²) in [5.41, 5.74) is 2.62. The molecule has 2 aromatic rings. The van der Waals surface area contributed by atoms with Crippen LogP contribution in [0.25, 0.3) is 0 Å². The second kappa shape index (κ2) is 5.53. The first-order valence-electron chi connectivity index (χ1n) is 5.81. The first-order valence-corrected chi connectivity index (χ1v) is 6.61. The zero-order chi connectivity index (χ0) is 14.0. The average molecular weight is 322 g/mol. The van der Waals surface area contributed by atoms with E-state index in [2.05, 4.69) is 21.2 Å². The quantitative estimate of drug-likeness (QED) is 0.869. The molecule has 0 bridgehead atoms. The predicted octanol–water partition coefficient (Wildman–Crippen LogP) is 4.46. The van der Waals surface area contributed by atoms with Crippen LogP contribution in [-0.4, -0.2) is 5.91 Å². The van der Waals surface area contributed by atoms with Crippen LogP contribution in [0.15, 0.2) is 40.9 Å². The number of carbonyl (C=O) groups is 1. The van der Waals surface area contributed by atoms with Crippen LogP contribution in [0.5, 0.6) is 0 Å². The molecule has 2 nitrogen and oxygen atoms in total. The summed E-state index contributed by atoms with van der Waals surface area (Å²) in [7, 11) is 0. The van der Waals surface area contributed by atoms with Gasteiger partial charge in [0, 0.05) is 10.2 Å². The first kappa shape index (κ1) is 13.7. The van der Waals surface area contributed by atoms with Gasteiger partial charge in [0.15, 0.2) is 0 Å². The van der Waals surface area contributed by atoms with Crippen LogP contribution in [0.2, 0.25) is 0 Å². The first-order chi connectivity index (χ1) is 8.99. The van der Waals surface area contributed by atoms with Gasteiger partial charge in [0.05, 0.1) is 5.56 Å². The SMILES string of the molecule is Cc1cc(Br)cc(C)c1NC(=O)c1ccccc1F. The van der Waals surface area contributed by atoms with Gasteiger partial charge in [-0.3, -0.25) is 4.79 Å². The van der Waals surface area contributed by atoms with Crippen LogP contribution in [0.3, 0.4) is 0 Å². The molecule has 0 radical (unpaired) electrons. The molecular formula is C15H13BrFNO. The summed E-state index contributed by atoms with van der Waals surface area (Å²) in [5, 5.41) is 2.76. The number of carbonyl (C=O) groups excluding carboxylic acids is 1. The second-order valence-corrected chi connectivity index (χ2v) is 5.26. The molecule has 0 spiro atoms. The zero-order valence-electron chi connectivity index (χ0n) is 10.6. The van der Waals surface area contributed by atoms with Crippen molar-refractivity contribution < 1.29 is 9.18 Å². The van der Waals surface area contributed by atoms with Gasteiger partial charge < -0.3 is 5.32 Å². The molecule has 98 valence electrons. The number of anilines is 1. The number of aryl methyl sites for hydroxylation is 2.